The molecule has 22 heavy (non-hydrogen) atoms. The Kier molecular flexibility index (Phi) is 3.68. The Morgan fingerprint density at radius 1 is 1.32 bits per heavy atom. The Morgan fingerprint density at radius 2 is 2.09 bits per heavy atom. The van der Waals surface area contributed by atoms with Gasteiger partial charge in [0, 0.05) is 30.7 Å². The maximum absolute atomic E-state index is 12.0. The predicted molar refractivity (Wildman–Crippen MR) is 87.9 cm³/mol. The molecular formula is C17H24N4O. The van der Waals surface area contributed by atoms with Crippen LogP contribution in [0.25, 0.3) is 11.0 Å². The Morgan fingerprint density at radius 3 is 2.77 bits per heavy atom. The van der Waals surface area contributed by atoms with Crippen molar-refractivity contribution < 1.29 is 4.79 Å². The molecule has 118 valence electrons. The molecule has 0 saturated carbocycles. The minimum absolute atomic E-state index is 0.0355. The average molecular weight is 300 g/mol. The van der Waals surface area contributed by atoms with E-state index >= 15 is 0 Å². The molecule has 0 unspecified atom stereocenters. The topological polar surface area (TPSA) is 50.2 Å². The summed E-state index contributed by atoms with van der Waals surface area (Å²) < 4.78 is 2.28. The number of hydrogen-bond donors (Lipinski definition) is 1. The summed E-state index contributed by atoms with van der Waals surface area (Å²) in [5, 5.41) is 2.83. The van der Waals surface area contributed by atoms with Gasteiger partial charge in [0.2, 0.25) is 0 Å². The van der Waals surface area contributed by atoms with Crippen LogP contribution in [-0.2, 0) is 13.1 Å². The third kappa shape index (κ3) is 2.61. The van der Waals surface area contributed by atoms with Crippen LogP contribution in [0.5, 0.6) is 0 Å². The van der Waals surface area contributed by atoms with Gasteiger partial charge in [-0.2, -0.15) is 0 Å². The van der Waals surface area contributed by atoms with E-state index in [0.717, 1.165) is 36.5 Å². The van der Waals surface area contributed by atoms with Crippen molar-refractivity contribution in [2.45, 2.75) is 46.3 Å². The minimum Gasteiger partial charge on any atom is -0.352 e. The third-order valence-electron chi connectivity index (χ3n) is 4.30. The molecule has 2 heterocycles. The van der Waals surface area contributed by atoms with Gasteiger partial charge in [0.05, 0.1) is 17.6 Å². The lowest BCUT2D eigenvalue weighted by Crippen LogP contribution is -2.45. The second-order valence-electron chi connectivity index (χ2n) is 6.83. The van der Waals surface area contributed by atoms with Gasteiger partial charge < -0.3 is 9.88 Å². The molecule has 0 bridgehead atoms. The number of hydrogen-bond acceptors (Lipinski definition) is 3. The fourth-order valence-corrected chi connectivity index (χ4v) is 3.00. The highest BCUT2D eigenvalue weighted by Crippen LogP contribution is 2.25. The second kappa shape index (κ2) is 5.39. The number of nitrogens with zero attached hydrogens (tertiary/aromatic N) is 3. The van der Waals surface area contributed by atoms with Crippen LogP contribution >= 0.6 is 0 Å². The molecule has 5 heteroatoms. The van der Waals surface area contributed by atoms with Crippen molar-refractivity contribution in [1.29, 1.82) is 0 Å². The Labute approximate surface area is 131 Å². The lowest BCUT2D eigenvalue weighted by atomic mass is 10.1. The Hall–Kier alpha value is -1.88. The monoisotopic (exact) mass is 300 g/mol. The van der Waals surface area contributed by atoms with Gasteiger partial charge >= 0.3 is 0 Å². The van der Waals surface area contributed by atoms with Crippen LogP contribution in [0.15, 0.2) is 18.2 Å². The number of fused-ring (bicyclic) bond motifs is 3. The molecule has 1 aliphatic rings. The number of carbonyl (C=O) groups excluding carboxylic acids is 1. The highest BCUT2D eigenvalue weighted by Gasteiger charge is 2.27. The van der Waals surface area contributed by atoms with Crippen molar-refractivity contribution in [1.82, 2.24) is 19.8 Å². The van der Waals surface area contributed by atoms with Crippen molar-refractivity contribution in [2.75, 3.05) is 13.1 Å². The van der Waals surface area contributed by atoms with Gasteiger partial charge in [0.15, 0.2) is 0 Å². The zero-order valence-corrected chi connectivity index (χ0v) is 13.8. The number of amides is 1. The standard InChI is InChI=1S/C17H24N4O/c1-5-18-16(22)12-6-7-14-13(10-12)19-15-11-20(17(2,3)4)8-9-21(14)15/h6-7,10H,5,8-9,11H2,1-4H3,(H,18,22). The first-order valence-corrected chi connectivity index (χ1v) is 7.92. The zero-order valence-electron chi connectivity index (χ0n) is 13.8. The summed E-state index contributed by atoms with van der Waals surface area (Å²) in [5.41, 5.74) is 2.86. The number of nitrogens with one attached hydrogen (secondary N) is 1. The van der Waals surface area contributed by atoms with E-state index < -0.39 is 0 Å². The summed E-state index contributed by atoms with van der Waals surface area (Å²) in [6.45, 7) is 12.1. The van der Waals surface area contributed by atoms with E-state index in [1.54, 1.807) is 0 Å². The lowest BCUT2D eigenvalue weighted by Gasteiger charge is -2.38. The SMILES string of the molecule is CCNC(=O)c1ccc2c(c1)nc1n2CCN(C(C)(C)C)C1. The van der Waals surface area contributed by atoms with Gasteiger partial charge in [-0.3, -0.25) is 9.69 Å². The van der Waals surface area contributed by atoms with E-state index in [9.17, 15) is 4.79 Å². The zero-order chi connectivity index (χ0) is 15.9. The van der Waals surface area contributed by atoms with Gasteiger partial charge in [-0.25, -0.2) is 4.98 Å². The van der Waals surface area contributed by atoms with Crippen LogP contribution < -0.4 is 5.32 Å². The third-order valence-corrected chi connectivity index (χ3v) is 4.30. The fraction of sp³-hybridized carbons (Fsp3) is 0.529. The van der Waals surface area contributed by atoms with E-state index in [4.69, 9.17) is 4.98 Å². The molecule has 0 fully saturated rings. The van der Waals surface area contributed by atoms with Gasteiger partial charge in [0.1, 0.15) is 5.82 Å². The minimum atomic E-state index is -0.0355. The first-order valence-electron chi connectivity index (χ1n) is 7.92. The summed E-state index contributed by atoms with van der Waals surface area (Å²) >= 11 is 0. The smallest absolute Gasteiger partial charge is 0.251 e. The normalized spacial score (nSPS) is 15.8. The van der Waals surface area contributed by atoms with Gasteiger partial charge in [-0.05, 0) is 45.9 Å². The first kappa shape index (κ1) is 15.0. The number of benzene rings is 1. The molecule has 1 aromatic carbocycles. The van der Waals surface area contributed by atoms with Crippen molar-refractivity contribution in [3.05, 3.63) is 29.6 Å². The van der Waals surface area contributed by atoms with E-state index in [0.29, 0.717) is 12.1 Å². The maximum Gasteiger partial charge on any atom is 0.251 e. The van der Waals surface area contributed by atoms with Crippen molar-refractivity contribution in [2.24, 2.45) is 0 Å². The van der Waals surface area contributed by atoms with E-state index in [1.165, 1.54) is 0 Å². The first-order chi connectivity index (χ1) is 10.4. The van der Waals surface area contributed by atoms with E-state index in [-0.39, 0.29) is 11.4 Å². The largest absolute Gasteiger partial charge is 0.352 e. The molecule has 5 nitrogen and oxygen atoms in total. The molecule has 3 rings (SSSR count). The lowest BCUT2D eigenvalue weighted by molar-refractivity contribution is 0.0956. The predicted octanol–water partition coefficient (Wildman–Crippen LogP) is 2.40. The number of carbonyl (C=O) groups is 1. The fourth-order valence-electron chi connectivity index (χ4n) is 3.00. The van der Waals surface area contributed by atoms with Gasteiger partial charge in [-0.15, -0.1) is 0 Å². The summed E-state index contributed by atoms with van der Waals surface area (Å²) in [5.74, 6) is 1.05. The van der Waals surface area contributed by atoms with Crippen LogP contribution in [0.4, 0.5) is 0 Å². The number of imidazole rings is 1. The van der Waals surface area contributed by atoms with Crippen LogP contribution in [0, 0.1) is 0 Å². The maximum atomic E-state index is 12.0. The number of rotatable bonds is 2. The summed E-state index contributed by atoms with van der Waals surface area (Å²) in [6, 6.07) is 5.80. The van der Waals surface area contributed by atoms with Crippen molar-refractivity contribution in [3.8, 4) is 0 Å². The van der Waals surface area contributed by atoms with Gasteiger partial charge in [-0.1, -0.05) is 0 Å². The molecule has 1 amide bonds. The van der Waals surface area contributed by atoms with Crippen LogP contribution in [-0.4, -0.2) is 39.0 Å². The highest BCUT2D eigenvalue weighted by atomic mass is 16.1. The number of aromatic nitrogens is 2. The second-order valence-corrected chi connectivity index (χ2v) is 6.83. The van der Waals surface area contributed by atoms with Crippen molar-refractivity contribution in [3.63, 3.8) is 0 Å². The molecule has 0 radical (unpaired) electrons. The summed E-state index contributed by atoms with van der Waals surface area (Å²) in [6.07, 6.45) is 0. The van der Waals surface area contributed by atoms with E-state index in [2.05, 4.69) is 35.6 Å². The molecule has 0 atom stereocenters. The molecule has 0 aliphatic carbocycles. The van der Waals surface area contributed by atoms with Crippen molar-refractivity contribution >= 4 is 16.9 Å². The summed E-state index contributed by atoms with van der Waals surface area (Å²) in [7, 11) is 0. The molecule has 1 aliphatic heterocycles. The molecule has 0 spiro atoms. The van der Waals surface area contributed by atoms with Crippen LogP contribution in [0.1, 0.15) is 43.9 Å². The average Bonchev–Trinajstić information content (AvgIpc) is 2.83. The molecule has 2 aromatic rings. The molecule has 0 saturated heterocycles. The van der Waals surface area contributed by atoms with Gasteiger partial charge in [0.25, 0.3) is 5.91 Å². The molecule has 1 N–H and O–H groups in total. The Bertz CT molecular complexity index is 711. The van der Waals surface area contributed by atoms with E-state index in [1.807, 2.05) is 25.1 Å². The molecular weight excluding hydrogens is 276 g/mol. The Balaban J connectivity index is 1.96. The summed E-state index contributed by atoms with van der Waals surface area (Å²) in [4.78, 5) is 19.2. The van der Waals surface area contributed by atoms with Crippen LogP contribution in [0.3, 0.4) is 0 Å². The quantitative estimate of drug-likeness (QED) is 0.926. The highest BCUT2D eigenvalue weighted by molar-refractivity contribution is 5.97. The molecule has 1 aromatic heterocycles. The van der Waals surface area contributed by atoms with Crippen LogP contribution in [0.2, 0.25) is 0 Å².